The summed E-state index contributed by atoms with van der Waals surface area (Å²) in [5.41, 5.74) is 5.15. The van der Waals surface area contributed by atoms with Crippen LogP contribution < -0.4 is 5.32 Å². The molecule has 0 aliphatic carbocycles. The van der Waals surface area contributed by atoms with Gasteiger partial charge in [0, 0.05) is 16.3 Å². The molecule has 0 saturated carbocycles. The lowest BCUT2D eigenvalue weighted by molar-refractivity contribution is -0.115. The van der Waals surface area contributed by atoms with Crippen LogP contribution in [0.15, 0.2) is 46.5 Å². The van der Waals surface area contributed by atoms with Crippen LogP contribution in [0.3, 0.4) is 0 Å². The molecule has 0 bridgehead atoms. The predicted molar refractivity (Wildman–Crippen MR) is 115 cm³/mol. The van der Waals surface area contributed by atoms with Crippen LogP contribution in [0, 0.1) is 13.8 Å². The van der Waals surface area contributed by atoms with E-state index < -0.39 is 0 Å². The van der Waals surface area contributed by atoms with Crippen molar-refractivity contribution < 1.29 is 4.79 Å². The number of nitrogens with zero attached hydrogens (tertiary/aromatic N) is 2. The number of nitrogens with one attached hydrogen (secondary N) is 1. The molecule has 3 heterocycles. The third kappa shape index (κ3) is 4.16. The monoisotopic (exact) mass is 411 g/mol. The lowest BCUT2D eigenvalue weighted by atomic mass is 10.0. The molecule has 0 aliphatic heterocycles. The number of aryl methyl sites for hydroxylation is 2. The first-order valence-electron chi connectivity index (χ1n) is 8.40. The Kier molecular flexibility index (Phi) is 5.15. The topological polar surface area (TPSA) is 54.9 Å². The molecule has 136 valence electrons. The molecule has 0 spiro atoms. The van der Waals surface area contributed by atoms with Gasteiger partial charge in [0.25, 0.3) is 0 Å². The van der Waals surface area contributed by atoms with Gasteiger partial charge in [0.05, 0.1) is 22.7 Å². The average molecular weight is 412 g/mol. The summed E-state index contributed by atoms with van der Waals surface area (Å²) in [6, 6.07) is 10.3. The average Bonchev–Trinajstić information content (AvgIpc) is 3.38. The largest absolute Gasteiger partial charge is 0.302 e. The van der Waals surface area contributed by atoms with Gasteiger partial charge in [0.1, 0.15) is 5.01 Å². The van der Waals surface area contributed by atoms with Gasteiger partial charge in [-0.15, -0.1) is 34.0 Å². The molecular formula is C20H17N3OS3. The van der Waals surface area contributed by atoms with Crippen molar-refractivity contribution >= 4 is 45.0 Å². The van der Waals surface area contributed by atoms with Gasteiger partial charge in [-0.25, -0.2) is 9.97 Å². The zero-order valence-electron chi connectivity index (χ0n) is 14.9. The van der Waals surface area contributed by atoms with Crippen LogP contribution in [0.5, 0.6) is 0 Å². The number of thiophene rings is 1. The number of aromatic nitrogens is 2. The fourth-order valence-electron chi connectivity index (χ4n) is 2.70. The molecule has 4 nitrogen and oxygen atoms in total. The molecule has 0 fully saturated rings. The van der Waals surface area contributed by atoms with Gasteiger partial charge in [0.15, 0.2) is 5.13 Å². The van der Waals surface area contributed by atoms with Crippen LogP contribution in [-0.2, 0) is 11.2 Å². The van der Waals surface area contributed by atoms with Crippen LogP contribution >= 0.6 is 34.0 Å². The fraction of sp³-hybridized carbons (Fsp3) is 0.150. The first-order chi connectivity index (χ1) is 13.1. The summed E-state index contributed by atoms with van der Waals surface area (Å²) in [5, 5.41) is 10.4. The van der Waals surface area contributed by atoms with E-state index in [1.54, 1.807) is 22.7 Å². The summed E-state index contributed by atoms with van der Waals surface area (Å²) in [6.07, 6.45) is 0.250. The molecule has 27 heavy (non-hydrogen) atoms. The highest BCUT2D eigenvalue weighted by Crippen LogP contribution is 2.29. The van der Waals surface area contributed by atoms with Crippen molar-refractivity contribution in [3.8, 4) is 21.1 Å². The van der Waals surface area contributed by atoms with Gasteiger partial charge in [-0.2, -0.15) is 0 Å². The molecule has 7 heteroatoms. The second kappa shape index (κ2) is 7.72. The summed E-state index contributed by atoms with van der Waals surface area (Å²) in [4.78, 5) is 22.6. The number of benzene rings is 1. The molecule has 0 atom stereocenters. The van der Waals surface area contributed by atoms with Crippen LogP contribution in [-0.4, -0.2) is 15.9 Å². The number of rotatable bonds is 5. The third-order valence-electron chi connectivity index (χ3n) is 4.04. The smallest absolute Gasteiger partial charge is 0.232 e. The number of carbonyl (C=O) groups excluding carboxylic acids is 1. The zero-order chi connectivity index (χ0) is 18.8. The van der Waals surface area contributed by atoms with E-state index in [9.17, 15) is 4.79 Å². The van der Waals surface area contributed by atoms with Crippen molar-refractivity contribution in [2.45, 2.75) is 20.3 Å². The van der Waals surface area contributed by atoms with E-state index in [4.69, 9.17) is 0 Å². The molecule has 1 N–H and O–H groups in total. The summed E-state index contributed by atoms with van der Waals surface area (Å²) in [6.45, 7) is 4.14. The fourth-order valence-corrected chi connectivity index (χ4v) is 5.06. The number of hydrogen-bond acceptors (Lipinski definition) is 6. The van der Waals surface area contributed by atoms with Crippen LogP contribution in [0.1, 0.15) is 16.8 Å². The highest BCUT2D eigenvalue weighted by atomic mass is 32.1. The Morgan fingerprint density at radius 2 is 1.96 bits per heavy atom. The number of hydrogen-bond donors (Lipinski definition) is 1. The standard InChI is InChI=1S/C20H17N3OS3/c1-12-5-6-13(2)15(8-12)16-11-27-20(22-16)23-18(24)9-14-10-26-19(21-14)17-4-3-7-25-17/h3-8,10-11H,9H2,1-2H3,(H,22,23,24). The van der Waals surface area contributed by atoms with E-state index in [0.717, 1.165) is 26.8 Å². The number of thiazole rings is 2. The Bertz CT molecular complexity index is 1080. The minimum absolute atomic E-state index is 0.0973. The van der Waals surface area contributed by atoms with E-state index in [0.29, 0.717) is 5.13 Å². The molecule has 0 saturated heterocycles. The minimum atomic E-state index is -0.0973. The quantitative estimate of drug-likeness (QED) is 0.452. The van der Waals surface area contributed by atoms with Gasteiger partial charge < -0.3 is 5.32 Å². The molecule has 0 aliphatic rings. The van der Waals surface area contributed by atoms with Crippen LogP contribution in [0.4, 0.5) is 5.13 Å². The number of anilines is 1. The van der Waals surface area contributed by atoms with Crippen molar-refractivity contribution in [1.29, 1.82) is 0 Å². The molecule has 0 unspecified atom stereocenters. The maximum absolute atomic E-state index is 12.4. The number of amides is 1. The molecule has 1 amide bonds. The second-order valence-corrected chi connectivity index (χ2v) is 8.87. The highest BCUT2D eigenvalue weighted by Gasteiger charge is 2.13. The van der Waals surface area contributed by atoms with E-state index in [1.165, 1.54) is 22.5 Å². The van der Waals surface area contributed by atoms with E-state index in [1.807, 2.05) is 28.3 Å². The van der Waals surface area contributed by atoms with Crippen molar-refractivity contribution in [1.82, 2.24) is 9.97 Å². The van der Waals surface area contributed by atoms with Crippen LogP contribution in [0.25, 0.3) is 21.1 Å². The Morgan fingerprint density at radius 3 is 2.78 bits per heavy atom. The van der Waals surface area contributed by atoms with E-state index in [2.05, 4.69) is 47.3 Å². The first-order valence-corrected chi connectivity index (χ1v) is 11.0. The van der Waals surface area contributed by atoms with Crippen molar-refractivity contribution in [3.05, 3.63) is 63.3 Å². The lowest BCUT2D eigenvalue weighted by Crippen LogP contribution is -2.14. The SMILES string of the molecule is Cc1ccc(C)c(-c2csc(NC(=O)Cc3csc(-c4cccs4)n3)n2)c1. The van der Waals surface area contributed by atoms with Gasteiger partial charge in [0.2, 0.25) is 5.91 Å². The Labute approximate surface area is 169 Å². The van der Waals surface area contributed by atoms with Crippen molar-refractivity contribution in [2.24, 2.45) is 0 Å². The summed E-state index contributed by atoms with van der Waals surface area (Å²) in [5.74, 6) is -0.0973. The molecule has 4 rings (SSSR count). The molecule has 3 aromatic heterocycles. The maximum atomic E-state index is 12.4. The highest BCUT2D eigenvalue weighted by molar-refractivity contribution is 7.20. The van der Waals surface area contributed by atoms with Crippen LogP contribution in [0.2, 0.25) is 0 Å². The van der Waals surface area contributed by atoms with Gasteiger partial charge in [-0.3, -0.25) is 4.79 Å². The van der Waals surface area contributed by atoms with Gasteiger partial charge in [-0.1, -0.05) is 23.8 Å². The lowest BCUT2D eigenvalue weighted by Gasteiger charge is -2.04. The maximum Gasteiger partial charge on any atom is 0.232 e. The zero-order valence-corrected chi connectivity index (χ0v) is 17.3. The van der Waals surface area contributed by atoms with Crippen molar-refractivity contribution in [2.75, 3.05) is 5.32 Å². The molecule has 1 aromatic carbocycles. The van der Waals surface area contributed by atoms with Crippen molar-refractivity contribution in [3.63, 3.8) is 0 Å². The summed E-state index contributed by atoms with van der Waals surface area (Å²) in [7, 11) is 0. The predicted octanol–water partition coefficient (Wildman–Crippen LogP) is 5.79. The third-order valence-corrected chi connectivity index (χ3v) is 6.73. The molecule has 0 radical (unpaired) electrons. The first kappa shape index (κ1) is 18.0. The Morgan fingerprint density at radius 1 is 1.07 bits per heavy atom. The second-order valence-electron chi connectivity index (χ2n) is 6.20. The molecule has 4 aromatic rings. The normalized spacial score (nSPS) is 10.9. The minimum Gasteiger partial charge on any atom is -0.302 e. The van der Waals surface area contributed by atoms with E-state index >= 15 is 0 Å². The summed E-state index contributed by atoms with van der Waals surface area (Å²) >= 11 is 4.66. The number of carbonyl (C=O) groups is 1. The van der Waals surface area contributed by atoms with E-state index in [-0.39, 0.29) is 12.3 Å². The Balaban J connectivity index is 1.43. The van der Waals surface area contributed by atoms with Gasteiger partial charge in [-0.05, 0) is 36.9 Å². The summed E-state index contributed by atoms with van der Waals surface area (Å²) < 4.78 is 0. The molecular weight excluding hydrogens is 394 g/mol. The van der Waals surface area contributed by atoms with Gasteiger partial charge >= 0.3 is 0 Å². The Hall–Kier alpha value is -2.35.